The van der Waals surface area contributed by atoms with E-state index < -0.39 is 0 Å². The molecule has 0 radical (unpaired) electrons. The highest BCUT2D eigenvalue weighted by Gasteiger charge is 2.25. The molecule has 2 heterocycles. The Balaban J connectivity index is 1.30. The summed E-state index contributed by atoms with van der Waals surface area (Å²) in [5.41, 5.74) is 9.44. The molecule has 0 aliphatic carbocycles. The first-order valence-corrected chi connectivity index (χ1v) is 12.7. The van der Waals surface area contributed by atoms with Crippen LogP contribution in [0.1, 0.15) is 28.1 Å². The van der Waals surface area contributed by atoms with Gasteiger partial charge < -0.3 is 4.84 Å². The van der Waals surface area contributed by atoms with Crippen LogP contribution in [0.5, 0.6) is 0 Å². The Labute approximate surface area is 219 Å². The second-order valence-corrected chi connectivity index (χ2v) is 9.31. The zero-order chi connectivity index (χ0) is 24.9. The normalized spacial score (nSPS) is 12.4. The van der Waals surface area contributed by atoms with E-state index >= 15 is 0 Å². The molecule has 0 atom stereocenters. The van der Waals surface area contributed by atoms with E-state index in [2.05, 4.69) is 45.0 Å². The third-order valence-electron chi connectivity index (χ3n) is 5.89. The summed E-state index contributed by atoms with van der Waals surface area (Å²) in [6.07, 6.45) is 0. The minimum absolute atomic E-state index is 0.159. The second kappa shape index (κ2) is 10.6. The molecule has 0 bridgehead atoms. The first kappa shape index (κ1) is 22.8. The number of nitrogens with zero attached hydrogens (tertiary/aromatic N) is 4. The van der Waals surface area contributed by atoms with Crippen LogP contribution < -0.4 is 5.43 Å². The summed E-state index contributed by atoms with van der Waals surface area (Å²) in [6.45, 7) is 0.159. The van der Waals surface area contributed by atoms with Crippen molar-refractivity contribution in [2.75, 3.05) is 5.43 Å². The van der Waals surface area contributed by atoms with Gasteiger partial charge in [-0.2, -0.15) is 0 Å². The van der Waals surface area contributed by atoms with Crippen molar-refractivity contribution in [3.05, 3.63) is 149 Å². The molecule has 0 saturated heterocycles. The zero-order valence-electron chi connectivity index (χ0n) is 19.9. The molecule has 180 valence electrons. The van der Waals surface area contributed by atoms with Crippen LogP contribution in [0.3, 0.4) is 0 Å². The predicted octanol–water partition coefficient (Wildman–Crippen LogP) is 6.42. The summed E-state index contributed by atoms with van der Waals surface area (Å²) in [7, 11) is 0. The fourth-order valence-electron chi connectivity index (χ4n) is 4.09. The summed E-state index contributed by atoms with van der Waals surface area (Å²) >= 11 is 1.58. The highest BCUT2D eigenvalue weighted by molar-refractivity contribution is 8.08. The average Bonchev–Trinajstić information content (AvgIpc) is 3.38. The zero-order valence-corrected chi connectivity index (χ0v) is 20.7. The van der Waals surface area contributed by atoms with Crippen LogP contribution >= 0.6 is 11.8 Å². The number of hydrogen-bond donors (Lipinski definition) is 1. The van der Waals surface area contributed by atoms with Gasteiger partial charge in [-0.15, -0.1) is 10.2 Å². The Bertz CT molecular complexity index is 1510. The lowest BCUT2D eigenvalue weighted by Gasteiger charge is -2.24. The third-order valence-corrected chi connectivity index (χ3v) is 6.98. The van der Waals surface area contributed by atoms with Crippen LogP contribution in [0, 0.1) is 0 Å². The fraction of sp³-hybridized carbons (Fsp3) is 0.0333. The van der Waals surface area contributed by atoms with Crippen molar-refractivity contribution in [2.24, 2.45) is 5.16 Å². The van der Waals surface area contributed by atoms with Gasteiger partial charge in [0.2, 0.25) is 5.16 Å². The molecule has 1 aliphatic heterocycles. The van der Waals surface area contributed by atoms with E-state index in [1.807, 2.05) is 102 Å². The molecule has 1 aromatic heterocycles. The number of hydrogen-bond acceptors (Lipinski definition) is 6. The largest absolute Gasteiger partial charge is 0.387 e. The Morgan fingerprint density at radius 3 is 1.84 bits per heavy atom. The number of nitrogens with one attached hydrogen (secondary N) is 1. The molecule has 0 unspecified atom stereocenters. The van der Waals surface area contributed by atoms with Gasteiger partial charge in [-0.1, -0.05) is 126 Å². The standard InChI is InChI=1S/C30H23N5OS/c1-5-13-22(14-6-1)27(23-15-7-2-8-16-23)34-36-21-26-31-32-30-35(26)33-28(24-17-9-3-10-18-24)29(37-30)25-19-11-4-12-20-25/h1-20,33H,21H2. The molecule has 1 N–H and O–H groups in total. The maximum absolute atomic E-state index is 5.87. The van der Waals surface area contributed by atoms with Gasteiger partial charge in [0.05, 0.1) is 5.70 Å². The second-order valence-electron chi connectivity index (χ2n) is 8.33. The highest BCUT2D eigenvalue weighted by atomic mass is 32.2. The van der Waals surface area contributed by atoms with Gasteiger partial charge in [0.15, 0.2) is 12.4 Å². The monoisotopic (exact) mass is 501 g/mol. The molecule has 37 heavy (non-hydrogen) atoms. The first-order valence-electron chi connectivity index (χ1n) is 11.9. The molecule has 0 saturated carbocycles. The van der Waals surface area contributed by atoms with Gasteiger partial charge in [0, 0.05) is 21.6 Å². The SMILES string of the molecule is c1ccc(C(=NOCc2nnc3n2NC(c2ccccc2)=C(c2ccccc2)S3)c2ccccc2)cc1. The molecule has 0 fully saturated rings. The van der Waals surface area contributed by atoms with E-state index in [0.717, 1.165) is 43.7 Å². The maximum atomic E-state index is 5.87. The number of benzene rings is 4. The summed E-state index contributed by atoms with van der Waals surface area (Å²) in [5, 5.41) is 14.1. The topological polar surface area (TPSA) is 64.3 Å². The Morgan fingerprint density at radius 1 is 0.703 bits per heavy atom. The van der Waals surface area contributed by atoms with E-state index in [-0.39, 0.29) is 6.61 Å². The molecule has 1 aliphatic rings. The van der Waals surface area contributed by atoms with Crippen molar-refractivity contribution >= 4 is 28.1 Å². The van der Waals surface area contributed by atoms with Crippen LogP contribution in [-0.4, -0.2) is 20.6 Å². The molecule has 0 spiro atoms. The van der Waals surface area contributed by atoms with Crippen molar-refractivity contribution in [1.82, 2.24) is 14.9 Å². The Kier molecular flexibility index (Phi) is 6.51. The van der Waals surface area contributed by atoms with Crippen LogP contribution in [-0.2, 0) is 11.4 Å². The molecule has 7 heteroatoms. The fourth-order valence-corrected chi connectivity index (χ4v) is 5.12. The third kappa shape index (κ3) is 4.90. The quantitative estimate of drug-likeness (QED) is 0.206. The average molecular weight is 502 g/mol. The molecular weight excluding hydrogens is 478 g/mol. The highest BCUT2D eigenvalue weighted by Crippen LogP contribution is 2.42. The lowest BCUT2D eigenvalue weighted by Crippen LogP contribution is -2.22. The summed E-state index contributed by atoms with van der Waals surface area (Å²) in [6, 6.07) is 40.6. The van der Waals surface area contributed by atoms with Gasteiger partial charge >= 0.3 is 0 Å². The van der Waals surface area contributed by atoms with Crippen LogP contribution in [0.2, 0.25) is 0 Å². The number of thioether (sulfide) groups is 1. The van der Waals surface area contributed by atoms with Gasteiger partial charge in [0.25, 0.3) is 0 Å². The molecule has 0 amide bonds. The van der Waals surface area contributed by atoms with Crippen LogP contribution in [0.15, 0.2) is 132 Å². The van der Waals surface area contributed by atoms with Crippen molar-refractivity contribution in [3.8, 4) is 0 Å². The Hall–Kier alpha value is -4.62. The number of fused-ring (bicyclic) bond motifs is 1. The van der Waals surface area contributed by atoms with Gasteiger partial charge in [0.1, 0.15) is 5.71 Å². The van der Waals surface area contributed by atoms with Gasteiger partial charge in [-0.05, 0) is 17.3 Å². The van der Waals surface area contributed by atoms with Crippen LogP contribution in [0.4, 0.5) is 0 Å². The van der Waals surface area contributed by atoms with E-state index in [1.54, 1.807) is 11.8 Å². The number of rotatable bonds is 7. The van der Waals surface area contributed by atoms with Crippen molar-refractivity contribution in [3.63, 3.8) is 0 Å². The Morgan fingerprint density at radius 2 is 1.24 bits per heavy atom. The van der Waals surface area contributed by atoms with Gasteiger partial charge in [-0.25, -0.2) is 4.68 Å². The predicted molar refractivity (Wildman–Crippen MR) is 148 cm³/mol. The molecule has 5 aromatic rings. The lowest BCUT2D eigenvalue weighted by molar-refractivity contribution is 0.123. The van der Waals surface area contributed by atoms with Crippen molar-refractivity contribution in [1.29, 1.82) is 0 Å². The first-order chi connectivity index (χ1) is 18.4. The number of oxime groups is 1. The molecule has 6 rings (SSSR count). The van der Waals surface area contributed by atoms with Gasteiger partial charge in [-0.3, -0.25) is 5.43 Å². The van der Waals surface area contributed by atoms with E-state index in [1.165, 1.54) is 0 Å². The minimum Gasteiger partial charge on any atom is -0.387 e. The summed E-state index contributed by atoms with van der Waals surface area (Å²) in [5.74, 6) is 0.632. The van der Waals surface area contributed by atoms with Crippen LogP contribution in [0.25, 0.3) is 10.6 Å². The van der Waals surface area contributed by atoms with E-state index in [0.29, 0.717) is 5.82 Å². The number of aromatic nitrogens is 3. The summed E-state index contributed by atoms with van der Waals surface area (Å²) in [4.78, 5) is 6.96. The molecular formula is C30H23N5OS. The minimum atomic E-state index is 0.159. The molecule has 4 aromatic carbocycles. The maximum Gasteiger partial charge on any atom is 0.215 e. The lowest BCUT2D eigenvalue weighted by atomic mass is 10.0. The smallest absolute Gasteiger partial charge is 0.215 e. The summed E-state index contributed by atoms with van der Waals surface area (Å²) < 4.78 is 1.87. The molecule has 6 nitrogen and oxygen atoms in total. The van der Waals surface area contributed by atoms with Crippen molar-refractivity contribution in [2.45, 2.75) is 11.8 Å². The van der Waals surface area contributed by atoms with E-state index in [9.17, 15) is 0 Å². The van der Waals surface area contributed by atoms with Crippen molar-refractivity contribution < 1.29 is 4.84 Å². The van der Waals surface area contributed by atoms with E-state index in [4.69, 9.17) is 4.84 Å².